The van der Waals surface area contributed by atoms with E-state index in [0.717, 1.165) is 6.07 Å². The largest absolute Gasteiger partial charge is 0.396 e. The number of hydrogen-bond acceptors (Lipinski definition) is 4. The smallest absolute Gasteiger partial charge is 0.277 e. The molecule has 1 amide bonds. The molecule has 0 saturated heterocycles. The number of amides is 1. The Morgan fingerprint density at radius 1 is 1.22 bits per heavy atom. The Morgan fingerprint density at radius 3 is 2.56 bits per heavy atom. The molecule has 0 unspecified atom stereocenters. The molecule has 0 saturated carbocycles. The van der Waals surface area contributed by atoms with E-state index < -0.39 is 23.1 Å². The molecule has 3 N–H and O–H groups in total. The number of carbonyl (C=O) groups excluding carboxylic acids is 1. The van der Waals surface area contributed by atoms with E-state index in [-0.39, 0.29) is 28.0 Å². The van der Waals surface area contributed by atoms with Gasteiger partial charge in [-0.05, 0) is 82.7 Å². The van der Waals surface area contributed by atoms with E-state index in [1.165, 1.54) is 18.2 Å². The molecule has 0 aromatic heterocycles. The van der Waals surface area contributed by atoms with Crippen molar-refractivity contribution in [3.63, 3.8) is 0 Å². The normalized spacial score (nSPS) is 11.4. The van der Waals surface area contributed by atoms with Crippen molar-refractivity contribution in [3.05, 3.63) is 55.6 Å². The van der Waals surface area contributed by atoms with Crippen LogP contribution in [-0.2, 0) is 4.84 Å². The standard InChI is InChI=1S/C18H18BrF2IN2O3/c1-18(2,5-6-25)27-24-17(26)11-8-12(19)13(20)9-16(11)23-15-4-3-10(22)7-14(15)21/h3-4,7-9,23,25H,5-6H2,1-2H3,(H,24,26). The van der Waals surface area contributed by atoms with Crippen LogP contribution in [0.2, 0.25) is 0 Å². The van der Waals surface area contributed by atoms with Crippen molar-refractivity contribution in [2.75, 3.05) is 11.9 Å². The minimum Gasteiger partial charge on any atom is -0.396 e. The summed E-state index contributed by atoms with van der Waals surface area (Å²) in [5, 5.41) is 11.8. The number of aliphatic hydroxyl groups is 1. The molecule has 0 atom stereocenters. The van der Waals surface area contributed by atoms with Crippen LogP contribution in [0.5, 0.6) is 0 Å². The van der Waals surface area contributed by atoms with Crippen LogP contribution in [-0.4, -0.2) is 23.2 Å². The lowest BCUT2D eigenvalue weighted by atomic mass is 10.1. The van der Waals surface area contributed by atoms with Gasteiger partial charge in [-0.25, -0.2) is 14.3 Å². The van der Waals surface area contributed by atoms with Gasteiger partial charge in [0.2, 0.25) is 0 Å². The second-order valence-electron chi connectivity index (χ2n) is 6.33. The van der Waals surface area contributed by atoms with Crippen LogP contribution in [0, 0.1) is 15.2 Å². The Labute approximate surface area is 177 Å². The number of rotatable bonds is 7. The summed E-state index contributed by atoms with van der Waals surface area (Å²) in [4.78, 5) is 17.9. The number of hydrogen-bond donors (Lipinski definition) is 3. The summed E-state index contributed by atoms with van der Waals surface area (Å²) in [6.45, 7) is 3.29. The van der Waals surface area contributed by atoms with Crippen molar-refractivity contribution in [3.8, 4) is 0 Å². The average molecular weight is 555 g/mol. The third kappa shape index (κ3) is 6.09. The molecule has 0 aliphatic rings. The molecule has 0 radical (unpaired) electrons. The van der Waals surface area contributed by atoms with Gasteiger partial charge in [0.15, 0.2) is 0 Å². The van der Waals surface area contributed by atoms with E-state index in [9.17, 15) is 13.6 Å². The molecule has 2 aromatic carbocycles. The van der Waals surface area contributed by atoms with Gasteiger partial charge in [0, 0.05) is 16.6 Å². The molecule has 146 valence electrons. The lowest BCUT2D eigenvalue weighted by Gasteiger charge is -2.24. The Hall–Kier alpha value is -1.30. The number of nitrogens with one attached hydrogen (secondary N) is 2. The zero-order valence-corrected chi connectivity index (χ0v) is 18.3. The maximum absolute atomic E-state index is 14.1. The average Bonchev–Trinajstić information content (AvgIpc) is 2.58. The first kappa shape index (κ1) is 22.0. The highest BCUT2D eigenvalue weighted by Gasteiger charge is 2.22. The Morgan fingerprint density at radius 2 is 1.93 bits per heavy atom. The first-order valence-corrected chi connectivity index (χ1v) is 9.80. The van der Waals surface area contributed by atoms with Gasteiger partial charge in [-0.3, -0.25) is 9.63 Å². The molecule has 0 bridgehead atoms. The van der Waals surface area contributed by atoms with Crippen molar-refractivity contribution in [2.24, 2.45) is 0 Å². The first-order chi connectivity index (χ1) is 12.6. The predicted molar refractivity (Wildman–Crippen MR) is 111 cm³/mol. The van der Waals surface area contributed by atoms with Crippen LogP contribution < -0.4 is 10.8 Å². The second-order valence-corrected chi connectivity index (χ2v) is 8.43. The molecule has 0 spiro atoms. The van der Waals surface area contributed by atoms with E-state index >= 15 is 0 Å². The first-order valence-electron chi connectivity index (χ1n) is 7.93. The van der Waals surface area contributed by atoms with E-state index in [4.69, 9.17) is 9.94 Å². The zero-order valence-electron chi connectivity index (χ0n) is 14.6. The second kappa shape index (κ2) is 9.26. The number of hydroxylamine groups is 1. The van der Waals surface area contributed by atoms with Crippen LogP contribution in [0.3, 0.4) is 0 Å². The lowest BCUT2D eigenvalue weighted by molar-refractivity contribution is -0.0805. The van der Waals surface area contributed by atoms with E-state index in [1.807, 2.05) is 22.6 Å². The monoisotopic (exact) mass is 554 g/mol. The summed E-state index contributed by atoms with van der Waals surface area (Å²) in [5.41, 5.74) is 1.74. The highest BCUT2D eigenvalue weighted by Crippen LogP contribution is 2.29. The van der Waals surface area contributed by atoms with Crippen molar-refractivity contribution in [1.29, 1.82) is 0 Å². The number of carbonyl (C=O) groups is 1. The minimum atomic E-state index is -0.794. The Balaban J connectivity index is 2.30. The lowest BCUT2D eigenvalue weighted by Crippen LogP contribution is -2.36. The molecule has 27 heavy (non-hydrogen) atoms. The van der Waals surface area contributed by atoms with Crippen LogP contribution in [0.15, 0.2) is 34.8 Å². The molecule has 2 rings (SSSR count). The maximum atomic E-state index is 14.1. The molecule has 0 heterocycles. The molecular weight excluding hydrogens is 537 g/mol. The predicted octanol–water partition coefficient (Wildman–Crippen LogP) is 4.90. The van der Waals surface area contributed by atoms with Crippen LogP contribution in [0.1, 0.15) is 30.6 Å². The van der Waals surface area contributed by atoms with Gasteiger partial charge in [0.1, 0.15) is 11.6 Å². The van der Waals surface area contributed by atoms with Gasteiger partial charge < -0.3 is 10.4 Å². The van der Waals surface area contributed by atoms with Crippen LogP contribution >= 0.6 is 38.5 Å². The molecule has 0 aliphatic heterocycles. The molecular formula is C18H18BrF2IN2O3. The highest BCUT2D eigenvalue weighted by molar-refractivity contribution is 14.1. The van der Waals surface area contributed by atoms with Crippen LogP contribution in [0.25, 0.3) is 0 Å². The summed E-state index contributed by atoms with van der Waals surface area (Å²) < 4.78 is 28.9. The van der Waals surface area contributed by atoms with Gasteiger partial charge in [-0.15, -0.1) is 0 Å². The number of benzene rings is 2. The summed E-state index contributed by atoms with van der Waals surface area (Å²) >= 11 is 5.01. The van der Waals surface area contributed by atoms with Crippen molar-refractivity contribution in [2.45, 2.75) is 25.9 Å². The third-order valence-corrected chi connectivity index (χ3v) is 4.92. The maximum Gasteiger partial charge on any atom is 0.277 e. The summed E-state index contributed by atoms with van der Waals surface area (Å²) in [6.07, 6.45) is 0.305. The fraction of sp³-hybridized carbons (Fsp3) is 0.278. The van der Waals surface area contributed by atoms with E-state index in [1.54, 1.807) is 19.9 Å². The highest BCUT2D eigenvalue weighted by atomic mass is 127. The molecule has 0 aliphatic carbocycles. The van der Waals surface area contributed by atoms with Crippen molar-refractivity contribution >= 4 is 55.8 Å². The quantitative estimate of drug-likeness (QED) is 0.336. The SMILES string of the molecule is CC(C)(CCO)ONC(=O)c1cc(Br)c(F)cc1Nc1ccc(I)cc1F. The molecule has 5 nitrogen and oxygen atoms in total. The number of anilines is 2. The van der Waals surface area contributed by atoms with Gasteiger partial charge in [-0.2, -0.15) is 0 Å². The van der Waals surface area contributed by atoms with Gasteiger partial charge in [0.05, 0.1) is 27.0 Å². The summed E-state index contributed by atoms with van der Waals surface area (Å²) in [7, 11) is 0. The van der Waals surface area contributed by atoms with Crippen molar-refractivity contribution < 1.29 is 23.5 Å². The number of halogens is 4. The minimum absolute atomic E-state index is 0.0565. The molecule has 0 fully saturated rings. The van der Waals surface area contributed by atoms with Gasteiger partial charge >= 0.3 is 0 Å². The van der Waals surface area contributed by atoms with Crippen molar-refractivity contribution in [1.82, 2.24) is 5.48 Å². The summed E-state index contributed by atoms with van der Waals surface area (Å²) in [5.74, 6) is -1.78. The van der Waals surface area contributed by atoms with E-state index in [0.29, 0.717) is 9.99 Å². The Kier molecular flexibility index (Phi) is 7.55. The fourth-order valence-electron chi connectivity index (χ4n) is 2.13. The fourth-order valence-corrected chi connectivity index (χ4v) is 2.93. The van der Waals surface area contributed by atoms with Crippen LogP contribution in [0.4, 0.5) is 20.2 Å². The topological polar surface area (TPSA) is 70.6 Å². The molecule has 9 heteroatoms. The number of aliphatic hydroxyl groups excluding tert-OH is 1. The zero-order chi connectivity index (χ0) is 20.2. The van der Waals surface area contributed by atoms with Gasteiger partial charge in [0.25, 0.3) is 5.91 Å². The van der Waals surface area contributed by atoms with E-state index in [2.05, 4.69) is 26.7 Å². The third-order valence-electron chi connectivity index (χ3n) is 3.64. The molecule has 2 aromatic rings. The van der Waals surface area contributed by atoms with Gasteiger partial charge in [-0.1, -0.05) is 0 Å². The summed E-state index contributed by atoms with van der Waals surface area (Å²) in [6, 6.07) is 6.87. The Bertz CT molecular complexity index is 850.